The van der Waals surface area contributed by atoms with Crippen LogP contribution in [0.15, 0.2) is 30.6 Å². The first-order valence-electron chi connectivity index (χ1n) is 10.7. The number of quaternary nitrogens is 1. The molecule has 0 saturated carbocycles. The second kappa shape index (κ2) is 9.88. The minimum Gasteiger partial charge on any atom is -0.315 e. The molecular formula is C23H25F2N8+. The molecule has 170 valence electrons. The fraction of sp³-hybridized carbons (Fsp3) is 0.261. The number of benzene rings is 1. The molecule has 0 aliphatic carbocycles. The molecule has 3 heterocycles. The Hall–Kier alpha value is -3.63. The third kappa shape index (κ3) is 5.07. The van der Waals surface area contributed by atoms with Crippen LogP contribution in [0.1, 0.15) is 36.1 Å². The van der Waals surface area contributed by atoms with E-state index < -0.39 is 11.6 Å². The highest BCUT2D eigenvalue weighted by atomic mass is 19.1. The van der Waals surface area contributed by atoms with Crippen molar-refractivity contribution in [2.24, 2.45) is 0 Å². The fourth-order valence-corrected chi connectivity index (χ4v) is 3.40. The molecule has 3 aromatic rings. The van der Waals surface area contributed by atoms with Gasteiger partial charge in [0, 0.05) is 60.2 Å². The summed E-state index contributed by atoms with van der Waals surface area (Å²) in [5, 5.41) is 27.5. The molecule has 33 heavy (non-hydrogen) atoms. The zero-order valence-corrected chi connectivity index (χ0v) is 18.1. The maximum absolute atomic E-state index is 15.4. The van der Waals surface area contributed by atoms with Gasteiger partial charge in [-0.15, -0.1) is 0 Å². The number of hydrogen-bond acceptors (Lipinski definition) is 6. The zero-order chi connectivity index (χ0) is 23.4. The van der Waals surface area contributed by atoms with Crippen LogP contribution in [0.3, 0.4) is 0 Å². The molecule has 1 aliphatic rings. The third-order valence-electron chi connectivity index (χ3n) is 5.53. The van der Waals surface area contributed by atoms with Crippen molar-refractivity contribution in [3.05, 3.63) is 65.0 Å². The van der Waals surface area contributed by atoms with Crippen molar-refractivity contribution in [2.75, 3.05) is 13.1 Å². The zero-order valence-electron chi connectivity index (χ0n) is 18.1. The van der Waals surface area contributed by atoms with Gasteiger partial charge in [0.1, 0.15) is 29.7 Å². The Morgan fingerprint density at radius 3 is 2.82 bits per heavy atom. The van der Waals surface area contributed by atoms with Gasteiger partial charge in [-0.05, 0) is 24.6 Å². The summed E-state index contributed by atoms with van der Waals surface area (Å²) in [6.45, 7) is 3.66. The first-order valence-corrected chi connectivity index (χ1v) is 10.7. The predicted octanol–water partition coefficient (Wildman–Crippen LogP) is 2.19. The van der Waals surface area contributed by atoms with Gasteiger partial charge in [0.15, 0.2) is 5.82 Å². The van der Waals surface area contributed by atoms with Gasteiger partial charge in [0.25, 0.3) is 0 Å². The highest BCUT2D eigenvalue weighted by Crippen LogP contribution is 2.26. The topological polar surface area (TPSA) is 131 Å². The van der Waals surface area contributed by atoms with E-state index >= 15 is 4.39 Å². The number of nitrogens with zero attached hydrogens (tertiary/aromatic N) is 3. The van der Waals surface area contributed by atoms with E-state index in [0.29, 0.717) is 41.0 Å². The SMILES string of the molecule is CCC(=N)C=Cc1n[nH]c(Cc2c(F)cc3ncc(C(C=N)=C[NH2+]C4CNC4)cc3c2F)n1. The fourth-order valence-electron chi connectivity index (χ4n) is 3.40. The Morgan fingerprint density at radius 1 is 1.30 bits per heavy atom. The molecule has 2 aromatic heterocycles. The summed E-state index contributed by atoms with van der Waals surface area (Å²) >= 11 is 0. The van der Waals surface area contributed by atoms with Crippen LogP contribution in [0.4, 0.5) is 8.78 Å². The average Bonchev–Trinajstić information content (AvgIpc) is 3.24. The Labute approximate surface area is 189 Å². The minimum atomic E-state index is -0.713. The number of pyridine rings is 1. The molecule has 8 nitrogen and oxygen atoms in total. The van der Waals surface area contributed by atoms with Crippen LogP contribution in [0.25, 0.3) is 22.6 Å². The molecule has 4 rings (SSSR count). The van der Waals surface area contributed by atoms with Gasteiger partial charge in [0.05, 0.1) is 11.1 Å². The van der Waals surface area contributed by atoms with Crippen LogP contribution >= 0.6 is 0 Å². The maximum Gasteiger partial charge on any atom is 0.173 e. The Bertz CT molecular complexity index is 1260. The lowest BCUT2D eigenvalue weighted by Gasteiger charge is -2.23. The Kier molecular flexibility index (Phi) is 6.76. The first kappa shape index (κ1) is 22.6. The lowest BCUT2D eigenvalue weighted by atomic mass is 10.0. The monoisotopic (exact) mass is 451 g/mol. The largest absolute Gasteiger partial charge is 0.315 e. The molecule has 1 saturated heterocycles. The smallest absolute Gasteiger partial charge is 0.173 e. The molecule has 1 aliphatic heterocycles. The van der Waals surface area contributed by atoms with Crippen LogP contribution in [0.2, 0.25) is 0 Å². The van der Waals surface area contributed by atoms with Crippen molar-refractivity contribution in [3.8, 4) is 0 Å². The molecule has 0 bridgehead atoms. The van der Waals surface area contributed by atoms with E-state index in [9.17, 15) is 4.39 Å². The molecule has 1 aromatic carbocycles. The number of halogens is 2. The van der Waals surface area contributed by atoms with E-state index in [4.69, 9.17) is 10.8 Å². The summed E-state index contributed by atoms with van der Waals surface area (Å²) in [5.41, 5.74) is 1.68. The van der Waals surface area contributed by atoms with Gasteiger partial charge >= 0.3 is 0 Å². The number of fused-ring (bicyclic) bond motifs is 1. The summed E-state index contributed by atoms with van der Waals surface area (Å²) in [5.74, 6) is -0.776. The number of aromatic amines is 1. The van der Waals surface area contributed by atoms with Gasteiger partial charge in [0.2, 0.25) is 0 Å². The molecule has 0 amide bonds. The number of nitrogens with two attached hydrogens (primary N) is 1. The summed E-state index contributed by atoms with van der Waals surface area (Å²) in [6.07, 6.45) is 8.21. The van der Waals surface area contributed by atoms with E-state index in [-0.39, 0.29) is 22.9 Å². The predicted molar refractivity (Wildman–Crippen MR) is 123 cm³/mol. The first-order chi connectivity index (χ1) is 16.0. The Morgan fingerprint density at radius 2 is 2.12 bits per heavy atom. The van der Waals surface area contributed by atoms with Gasteiger partial charge < -0.3 is 21.5 Å². The number of hydrogen-bond donors (Lipinski definition) is 5. The average molecular weight is 452 g/mol. The van der Waals surface area contributed by atoms with Crippen molar-refractivity contribution in [2.45, 2.75) is 25.8 Å². The Balaban J connectivity index is 1.62. The number of allylic oxidation sites excluding steroid dienone is 2. The van der Waals surface area contributed by atoms with E-state index in [1.807, 2.05) is 18.4 Å². The minimum absolute atomic E-state index is 0.111. The van der Waals surface area contributed by atoms with Crippen LogP contribution in [-0.4, -0.2) is 51.2 Å². The van der Waals surface area contributed by atoms with Crippen molar-refractivity contribution >= 4 is 34.5 Å². The van der Waals surface area contributed by atoms with Crippen LogP contribution in [-0.2, 0) is 6.42 Å². The molecule has 0 radical (unpaired) electrons. The summed E-state index contributed by atoms with van der Waals surface area (Å²) < 4.78 is 30.1. The molecule has 0 unspecified atom stereocenters. The van der Waals surface area contributed by atoms with Crippen molar-refractivity contribution in [3.63, 3.8) is 0 Å². The number of H-pyrrole nitrogens is 1. The maximum atomic E-state index is 15.4. The van der Waals surface area contributed by atoms with Gasteiger partial charge in [-0.1, -0.05) is 6.92 Å². The van der Waals surface area contributed by atoms with Crippen LogP contribution in [0.5, 0.6) is 0 Å². The molecule has 10 heteroatoms. The summed E-state index contributed by atoms with van der Waals surface area (Å²) in [6, 6.07) is 3.21. The highest BCUT2D eigenvalue weighted by molar-refractivity contribution is 6.08. The standard InChI is InChI=1S/C23H24F2N8/c1-2-15(27)3-4-21-31-22(33-32-21)6-17-19(24)7-20-18(23(17)25)5-13(9-30-20)14(8-26)10-29-16-11-28-12-16/h3-5,7-10,16,26-29H,2,6,11-12H2,1H3,(H,31,32,33)/p+1. The highest BCUT2D eigenvalue weighted by Gasteiger charge is 2.20. The molecular weight excluding hydrogens is 426 g/mol. The van der Waals surface area contributed by atoms with E-state index in [0.717, 1.165) is 13.1 Å². The number of aromatic nitrogens is 4. The molecule has 0 atom stereocenters. The third-order valence-corrected chi connectivity index (χ3v) is 5.53. The lowest BCUT2D eigenvalue weighted by Crippen LogP contribution is -2.92. The van der Waals surface area contributed by atoms with Crippen LogP contribution < -0.4 is 10.6 Å². The summed E-state index contributed by atoms with van der Waals surface area (Å²) in [4.78, 5) is 8.46. The number of rotatable bonds is 9. The van der Waals surface area contributed by atoms with E-state index in [2.05, 4.69) is 25.5 Å². The van der Waals surface area contributed by atoms with Crippen molar-refractivity contribution in [1.29, 1.82) is 10.8 Å². The lowest BCUT2D eigenvalue weighted by molar-refractivity contribution is -0.630. The summed E-state index contributed by atoms with van der Waals surface area (Å²) in [7, 11) is 0. The van der Waals surface area contributed by atoms with Gasteiger partial charge in [-0.2, -0.15) is 5.10 Å². The van der Waals surface area contributed by atoms with Crippen LogP contribution in [0, 0.1) is 22.5 Å². The van der Waals surface area contributed by atoms with Gasteiger partial charge in [-0.3, -0.25) is 10.1 Å². The second-order valence-corrected chi connectivity index (χ2v) is 7.85. The molecule has 6 N–H and O–H groups in total. The van der Waals surface area contributed by atoms with Crippen molar-refractivity contribution < 1.29 is 14.1 Å². The normalized spacial score (nSPS) is 14.7. The quantitative estimate of drug-likeness (QED) is 0.319. The molecule has 0 spiro atoms. The molecule has 1 fully saturated rings. The van der Waals surface area contributed by atoms with Crippen molar-refractivity contribution in [1.82, 2.24) is 25.5 Å². The van der Waals surface area contributed by atoms with E-state index in [1.165, 1.54) is 18.5 Å². The van der Waals surface area contributed by atoms with E-state index in [1.54, 1.807) is 18.2 Å². The van der Waals surface area contributed by atoms with Gasteiger partial charge in [-0.25, -0.2) is 13.8 Å². The second-order valence-electron chi connectivity index (χ2n) is 7.85. The number of nitrogens with one attached hydrogen (secondary N) is 4.